The second-order valence-electron chi connectivity index (χ2n) is 6.56. The van der Waals surface area contributed by atoms with Crippen LogP contribution in [-0.2, 0) is 16.0 Å². The zero-order valence-electron chi connectivity index (χ0n) is 15.6. The van der Waals surface area contributed by atoms with Gasteiger partial charge in [-0.25, -0.2) is 0 Å². The van der Waals surface area contributed by atoms with Crippen molar-refractivity contribution in [2.45, 2.75) is 19.4 Å². The van der Waals surface area contributed by atoms with Crippen LogP contribution in [0.1, 0.15) is 18.1 Å². The minimum absolute atomic E-state index is 0.166. The van der Waals surface area contributed by atoms with Gasteiger partial charge in [-0.05, 0) is 48.7 Å². The second kappa shape index (κ2) is 8.90. The van der Waals surface area contributed by atoms with E-state index < -0.39 is 6.04 Å². The maximum Gasteiger partial charge on any atom is 0.244 e. The Hall–Kier alpha value is -3.54. The molecule has 6 heteroatoms. The summed E-state index contributed by atoms with van der Waals surface area (Å²) < 4.78 is 0. The summed E-state index contributed by atoms with van der Waals surface area (Å²) in [7, 11) is 0. The summed E-state index contributed by atoms with van der Waals surface area (Å²) in [5.41, 5.74) is 3.00. The zero-order valence-corrected chi connectivity index (χ0v) is 15.6. The van der Waals surface area contributed by atoms with Crippen molar-refractivity contribution >= 4 is 28.8 Å². The smallest absolute Gasteiger partial charge is 0.244 e. The van der Waals surface area contributed by atoms with Gasteiger partial charge in [-0.1, -0.05) is 30.3 Å². The molecule has 0 spiro atoms. The Labute approximate surface area is 163 Å². The van der Waals surface area contributed by atoms with E-state index in [0.29, 0.717) is 13.0 Å². The Kier molecular flexibility index (Phi) is 6.11. The summed E-state index contributed by atoms with van der Waals surface area (Å²) in [6.45, 7) is 2.14. The normalized spacial score (nSPS) is 12.2. The van der Waals surface area contributed by atoms with Gasteiger partial charge >= 0.3 is 0 Å². The van der Waals surface area contributed by atoms with Gasteiger partial charge in [0.1, 0.15) is 11.8 Å². The number of aromatic hydroxyl groups is 1. The molecule has 3 aromatic rings. The number of para-hydroxylation sites is 1. The van der Waals surface area contributed by atoms with Crippen LogP contribution in [0.2, 0.25) is 0 Å². The van der Waals surface area contributed by atoms with Crippen molar-refractivity contribution in [3.63, 3.8) is 0 Å². The van der Waals surface area contributed by atoms with Gasteiger partial charge in [0, 0.05) is 29.7 Å². The molecule has 2 aromatic carbocycles. The second-order valence-corrected chi connectivity index (χ2v) is 6.56. The van der Waals surface area contributed by atoms with Crippen molar-refractivity contribution in [2.24, 2.45) is 0 Å². The number of carbonyl (C=O) groups is 2. The van der Waals surface area contributed by atoms with Crippen LogP contribution in [-0.4, -0.2) is 34.5 Å². The third-order valence-corrected chi connectivity index (χ3v) is 4.44. The standard InChI is InChI=1S/C22H23N3O3/c1-15(25-21(27)11-8-16-6-9-18(26)10-7-16)22(28)23-13-12-17-14-24-20-5-3-2-4-19(17)20/h2-11,14-15,24,26H,12-13H2,1H3,(H,23,28)(H,25,27)/b11-8+/t15-/m1/s1. The summed E-state index contributed by atoms with van der Waals surface area (Å²) in [6, 6.07) is 13.9. The number of fused-ring (bicyclic) bond motifs is 1. The molecule has 1 aromatic heterocycles. The average molecular weight is 377 g/mol. The summed E-state index contributed by atoms with van der Waals surface area (Å²) in [4.78, 5) is 27.4. The maximum atomic E-state index is 12.2. The van der Waals surface area contributed by atoms with Gasteiger partial charge in [-0.15, -0.1) is 0 Å². The lowest BCUT2D eigenvalue weighted by Gasteiger charge is -2.12. The minimum atomic E-state index is -0.639. The van der Waals surface area contributed by atoms with Crippen molar-refractivity contribution in [3.05, 3.63) is 71.9 Å². The third kappa shape index (κ3) is 5.01. The molecule has 28 heavy (non-hydrogen) atoms. The number of benzene rings is 2. The molecule has 6 nitrogen and oxygen atoms in total. The van der Waals surface area contributed by atoms with E-state index >= 15 is 0 Å². The van der Waals surface area contributed by atoms with Gasteiger partial charge in [0.05, 0.1) is 0 Å². The topological polar surface area (TPSA) is 94.2 Å². The van der Waals surface area contributed by atoms with E-state index in [1.54, 1.807) is 37.3 Å². The molecule has 4 N–H and O–H groups in total. The first-order chi connectivity index (χ1) is 13.5. The molecule has 144 valence electrons. The van der Waals surface area contributed by atoms with E-state index in [1.165, 1.54) is 6.08 Å². The molecular formula is C22H23N3O3. The minimum Gasteiger partial charge on any atom is -0.508 e. The van der Waals surface area contributed by atoms with E-state index in [2.05, 4.69) is 15.6 Å². The highest BCUT2D eigenvalue weighted by Crippen LogP contribution is 2.17. The highest BCUT2D eigenvalue weighted by atomic mass is 16.3. The van der Waals surface area contributed by atoms with Crippen LogP contribution < -0.4 is 10.6 Å². The number of carbonyl (C=O) groups excluding carboxylic acids is 2. The molecule has 0 aliphatic carbocycles. The van der Waals surface area contributed by atoms with Crippen molar-refractivity contribution < 1.29 is 14.7 Å². The SMILES string of the molecule is C[C@@H](NC(=O)/C=C/c1ccc(O)cc1)C(=O)NCCc1c[nH]c2ccccc12. The van der Waals surface area contributed by atoms with Crippen LogP contribution >= 0.6 is 0 Å². The molecule has 0 saturated heterocycles. The van der Waals surface area contributed by atoms with Gasteiger partial charge in [0.15, 0.2) is 0 Å². The van der Waals surface area contributed by atoms with Gasteiger partial charge in [-0.3, -0.25) is 9.59 Å². The lowest BCUT2D eigenvalue weighted by Crippen LogP contribution is -2.44. The highest BCUT2D eigenvalue weighted by Gasteiger charge is 2.14. The average Bonchev–Trinajstić information content (AvgIpc) is 3.10. The number of hydrogen-bond donors (Lipinski definition) is 4. The van der Waals surface area contributed by atoms with Gasteiger partial charge in [0.25, 0.3) is 0 Å². The fourth-order valence-corrected chi connectivity index (χ4v) is 2.90. The first-order valence-electron chi connectivity index (χ1n) is 9.13. The van der Waals surface area contributed by atoms with Gasteiger partial charge in [-0.2, -0.15) is 0 Å². The largest absolute Gasteiger partial charge is 0.508 e. The van der Waals surface area contributed by atoms with Crippen LogP contribution in [0.3, 0.4) is 0 Å². The van der Waals surface area contributed by atoms with E-state index in [-0.39, 0.29) is 17.6 Å². The van der Waals surface area contributed by atoms with Crippen molar-refractivity contribution in [1.29, 1.82) is 0 Å². The molecular weight excluding hydrogens is 354 g/mol. The number of aromatic nitrogens is 1. The molecule has 0 aliphatic heterocycles. The third-order valence-electron chi connectivity index (χ3n) is 4.44. The summed E-state index contributed by atoms with van der Waals surface area (Å²) >= 11 is 0. The number of amides is 2. The number of phenolic OH excluding ortho intramolecular Hbond substituents is 1. The highest BCUT2D eigenvalue weighted by molar-refractivity contribution is 5.95. The Balaban J connectivity index is 1.45. The first kappa shape index (κ1) is 19.2. The Morgan fingerprint density at radius 1 is 1.14 bits per heavy atom. The van der Waals surface area contributed by atoms with Crippen LogP contribution in [0.25, 0.3) is 17.0 Å². The number of phenols is 1. The number of nitrogens with one attached hydrogen (secondary N) is 3. The molecule has 2 amide bonds. The zero-order chi connectivity index (χ0) is 19.9. The molecule has 0 fully saturated rings. The molecule has 0 bridgehead atoms. The molecule has 0 aliphatic rings. The quantitative estimate of drug-likeness (QED) is 0.477. The van der Waals surface area contributed by atoms with E-state index in [1.807, 2.05) is 30.5 Å². The summed E-state index contributed by atoms with van der Waals surface area (Å²) in [6.07, 6.45) is 5.64. The van der Waals surface area contributed by atoms with Crippen molar-refractivity contribution in [3.8, 4) is 5.75 Å². The predicted octanol–water partition coefficient (Wildman–Crippen LogP) is 2.75. The fourth-order valence-electron chi connectivity index (χ4n) is 2.90. The number of rotatable bonds is 7. The lowest BCUT2D eigenvalue weighted by atomic mass is 10.1. The Morgan fingerprint density at radius 2 is 1.89 bits per heavy atom. The van der Waals surface area contributed by atoms with Crippen LogP contribution in [0, 0.1) is 0 Å². The van der Waals surface area contributed by atoms with Crippen LogP contribution in [0.5, 0.6) is 5.75 Å². The van der Waals surface area contributed by atoms with E-state index in [0.717, 1.165) is 22.0 Å². The van der Waals surface area contributed by atoms with Gasteiger partial charge in [0.2, 0.25) is 11.8 Å². The molecule has 1 atom stereocenters. The number of aromatic amines is 1. The van der Waals surface area contributed by atoms with Crippen LogP contribution in [0.15, 0.2) is 60.8 Å². The predicted molar refractivity (Wildman–Crippen MR) is 110 cm³/mol. The Morgan fingerprint density at radius 3 is 2.68 bits per heavy atom. The Bertz CT molecular complexity index is 990. The fraction of sp³-hybridized carbons (Fsp3) is 0.182. The monoisotopic (exact) mass is 377 g/mol. The van der Waals surface area contributed by atoms with Crippen molar-refractivity contribution in [2.75, 3.05) is 6.54 Å². The van der Waals surface area contributed by atoms with Gasteiger partial charge < -0.3 is 20.7 Å². The molecule has 3 rings (SSSR count). The van der Waals surface area contributed by atoms with E-state index in [9.17, 15) is 14.7 Å². The van der Waals surface area contributed by atoms with E-state index in [4.69, 9.17) is 0 Å². The summed E-state index contributed by atoms with van der Waals surface area (Å²) in [5, 5.41) is 15.9. The number of hydrogen-bond acceptors (Lipinski definition) is 3. The molecule has 1 heterocycles. The molecule has 0 radical (unpaired) electrons. The lowest BCUT2D eigenvalue weighted by molar-refractivity contribution is -0.126. The van der Waals surface area contributed by atoms with Crippen LogP contribution in [0.4, 0.5) is 0 Å². The summed E-state index contributed by atoms with van der Waals surface area (Å²) in [5.74, 6) is -0.418. The first-order valence-corrected chi connectivity index (χ1v) is 9.13. The maximum absolute atomic E-state index is 12.2. The van der Waals surface area contributed by atoms with Crippen molar-refractivity contribution in [1.82, 2.24) is 15.6 Å². The molecule has 0 unspecified atom stereocenters. The number of H-pyrrole nitrogens is 1. The molecule has 0 saturated carbocycles.